The minimum Gasteiger partial charge on any atom is -0.482 e. The topological polar surface area (TPSA) is 47.6 Å². The third kappa shape index (κ3) is 3.40. The SMILES string of the molecule is C[Si](C)OC(c1ccc2c(c1)OCC(=O)N2)C(C)(C)C. The van der Waals surface area contributed by atoms with Gasteiger partial charge in [0, 0.05) is 0 Å². The average molecular weight is 292 g/mol. The molecule has 1 radical (unpaired) electrons. The Labute approximate surface area is 122 Å². The first kappa shape index (κ1) is 15.1. The fourth-order valence-electron chi connectivity index (χ4n) is 2.23. The zero-order valence-electron chi connectivity index (χ0n) is 12.7. The van der Waals surface area contributed by atoms with Crippen molar-refractivity contribution in [2.75, 3.05) is 11.9 Å². The summed E-state index contributed by atoms with van der Waals surface area (Å²) in [7, 11) is -0.803. The molecule has 109 valence electrons. The molecule has 1 aliphatic heterocycles. The molecule has 2 rings (SSSR count). The van der Waals surface area contributed by atoms with Gasteiger partial charge in [-0.15, -0.1) is 0 Å². The largest absolute Gasteiger partial charge is 0.482 e. The van der Waals surface area contributed by atoms with Crippen molar-refractivity contribution in [3.63, 3.8) is 0 Å². The highest BCUT2D eigenvalue weighted by atomic mass is 28.3. The lowest BCUT2D eigenvalue weighted by Gasteiger charge is -2.33. The van der Waals surface area contributed by atoms with Gasteiger partial charge < -0.3 is 14.5 Å². The van der Waals surface area contributed by atoms with E-state index in [1.807, 2.05) is 18.2 Å². The Morgan fingerprint density at radius 2 is 2.05 bits per heavy atom. The first-order chi connectivity index (χ1) is 9.27. The maximum Gasteiger partial charge on any atom is 0.262 e. The first-order valence-corrected chi connectivity index (χ1v) is 9.21. The van der Waals surface area contributed by atoms with Crippen LogP contribution < -0.4 is 10.1 Å². The molecule has 20 heavy (non-hydrogen) atoms. The average Bonchev–Trinajstić information content (AvgIpc) is 2.34. The summed E-state index contributed by atoms with van der Waals surface area (Å²) in [5.41, 5.74) is 1.84. The van der Waals surface area contributed by atoms with Gasteiger partial charge in [0.2, 0.25) is 9.04 Å². The van der Waals surface area contributed by atoms with Crippen molar-refractivity contribution in [3.8, 4) is 5.75 Å². The standard InChI is InChI=1S/C15H22NO3Si/c1-15(2,3)14(19-20(4)5)10-6-7-11-12(8-10)18-9-13(17)16-11/h6-8,14H,9H2,1-5H3,(H,16,17). The molecule has 1 atom stereocenters. The van der Waals surface area contributed by atoms with E-state index in [1.54, 1.807) is 0 Å². The highest BCUT2D eigenvalue weighted by molar-refractivity contribution is 6.48. The van der Waals surface area contributed by atoms with Crippen molar-refractivity contribution in [2.45, 2.75) is 40.0 Å². The maximum absolute atomic E-state index is 11.3. The molecular weight excluding hydrogens is 270 g/mol. The molecule has 0 aromatic heterocycles. The van der Waals surface area contributed by atoms with Crippen LogP contribution in [0.1, 0.15) is 32.4 Å². The number of hydrogen-bond acceptors (Lipinski definition) is 3. The summed E-state index contributed by atoms with van der Waals surface area (Å²) >= 11 is 0. The lowest BCUT2D eigenvalue weighted by Crippen LogP contribution is -2.27. The fraction of sp³-hybridized carbons (Fsp3) is 0.533. The lowest BCUT2D eigenvalue weighted by atomic mass is 9.84. The quantitative estimate of drug-likeness (QED) is 0.869. The summed E-state index contributed by atoms with van der Waals surface area (Å²) in [6, 6.07) is 5.88. The van der Waals surface area contributed by atoms with Gasteiger partial charge >= 0.3 is 0 Å². The molecule has 0 aliphatic carbocycles. The number of nitrogens with one attached hydrogen (secondary N) is 1. The van der Waals surface area contributed by atoms with Crippen LogP contribution in [0.15, 0.2) is 18.2 Å². The molecule has 1 amide bonds. The van der Waals surface area contributed by atoms with Crippen LogP contribution in [0.25, 0.3) is 0 Å². The third-order valence-electron chi connectivity index (χ3n) is 3.08. The number of benzene rings is 1. The number of hydrogen-bond donors (Lipinski definition) is 1. The Morgan fingerprint density at radius 1 is 1.35 bits per heavy atom. The van der Waals surface area contributed by atoms with Crippen LogP contribution in [0.3, 0.4) is 0 Å². The van der Waals surface area contributed by atoms with Gasteiger partial charge in [0.15, 0.2) is 6.61 Å². The van der Waals surface area contributed by atoms with Gasteiger partial charge in [-0.1, -0.05) is 26.8 Å². The summed E-state index contributed by atoms with van der Waals surface area (Å²) < 4.78 is 11.7. The monoisotopic (exact) mass is 292 g/mol. The normalized spacial score (nSPS) is 16.4. The van der Waals surface area contributed by atoms with Crippen LogP contribution in [0.4, 0.5) is 5.69 Å². The summed E-state index contributed by atoms with van der Waals surface area (Å²) in [6.07, 6.45) is 0.0258. The zero-order valence-corrected chi connectivity index (χ0v) is 13.7. The van der Waals surface area contributed by atoms with Gasteiger partial charge in [0.05, 0.1) is 11.8 Å². The second kappa shape index (κ2) is 5.58. The molecule has 0 saturated carbocycles. The van der Waals surface area contributed by atoms with Crippen molar-refractivity contribution in [1.29, 1.82) is 0 Å². The minimum absolute atomic E-state index is 0.00802. The molecular formula is C15H22NO3Si. The van der Waals surface area contributed by atoms with Crippen molar-refractivity contribution < 1.29 is 14.0 Å². The zero-order chi connectivity index (χ0) is 14.9. The molecule has 0 spiro atoms. The fourth-order valence-corrected chi connectivity index (χ4v) is 3.20. The molecule has 1 unspecified atom stereocenters. The van der Waals surface area contributed by atoms with E-state index in [1.165, 1.54) is 0 Å². The molecule has 1 aliphatic rings. The number of carbonyl (C=O) groups is 1. The van der Waals surface area contributed by atoms with Gasteiger partial charge in [0.1, 0.15) is 5.75 Å². The van der Waals surface area contributed by atoms with E-state index in [9.17, 15) is 4.79 Å². The molecule has 0 fully saturated rings. The van der Waals surface area contributed by atoms with Crippen LogP contribution in [0.5, 0.6) is 5.75 Å². The summed E-state index contributed by atoms with van der Waals surface area (Å²) in [6.45, 7) is 10.9. The van der Waals surface area contributed by atoms with E-state index in [4.69, 9.17) is 9.16 Å². The predicted molar refractivity (Wildman–Crippen MR) is 81.3 cm³/mol. The molecule has 1 aromatic rings. The van der Waals surface area contributed by atoms with Crippen molar-refractivity contribution >= 4 is 20.6 Å². The second-order valence-electron chi connectivity index (χ2n) is 6.36. The van der Waals surface area contributed by atoms with Crippen LogP contribution in [-0.2, 0) is 9.22 Å². The molecule has 1 aromatic carbocycles. The third-order valence-corrected chi connectivity index (χ3v) is 3.79. The van der Waals surface area contributed by atoms with Crippen LogP contribution in [0, 0.1) is 5.41 Å². The summed E-state index contributed by atoms with van der Waals surface area (Å²) in [5, 5.41) is 2.81. The Hall–Kier alpha value is -1.33. The number of carbonyl (C=O) groups excluding carboxylic acids is 1. The Balaban J connectivity index is 2.33. The van der Waals surface area contributed by atoms with Crippen molar-refractivity contribution in [3.05, 3.63) is 23.8 Å². The number of amides is 1. The predicted octanol–water partition coefficient (Wildman–Crippen LogP) is 3.37. The van der Waals surface area contributed by atoms with Gasteiger partial charge in [0.25, 0.3) is 5.91 Å². The smallest absolute Gasteiger partial charge is 0.262 e. The Morgan fingerprint density at radius 3 is 2.65 bits per heavy atom. The van der Waals surface area contributed by atoms with E-state index < -0.39 is 9.04 Å². The number of rotatable bonds is 3. The Bertz CT molecular complexity index is 508. The molecule has 4 nitrogen and oxygen atoms in total. The molecule has 0 saturated heterocycles. The highest BCUT2D eigenvalue weighted by Crippen LogP contribution is 2.40. The number of ether oxygens (including phenoxy) is 1. The van der Waals surface area contributed by atoms with Crippen molar-refractivity contribution in [1.82, 2.24) is 0 Å². The second-order valence-corrected chi connectivity index (χ2v) is 8.42. The van der Waals surface area contributed by atoms with E-state index in [2.05, 4.69) is 39.2 Å². The first-order valence-electron chi connectivity index (χ1n) is 6.81. The molecule has 1 N–H and O–H groups in total. The van der Waals surface area contributed by atoms with Gasteiger partial charge in [-0.05, 0) is 36.2 Å². The number of fused-ring (bicyclic) bond motifs is 1. The van der Waals surface area contributed by atoms with E-state index >= 15 is 0 Å². The summed E-state index contributed by atoms with van der Waals surface area (Å²) in [5.74, 6) is 0.613. The van der Waals surface area contributed by atoms with Crippen LogP contribution >= 0.6 is 0 Å². The number of anilines is 1. The summed E-state index contributed by atoms with van der Waals surface area (Å²) in [4.78, 5) is 11.3. The maximum atomic E-state index is 11.3. The molecule has 5 heteroatoms. The van der Waals surface area contributed by atoms with E-state index in [0.29, 0.717) is 0 Å². The van der Waals surface area contributed by atoms with Gasteiger partial charge in [-0.3, -0.25) is 4.79 Å². The van der Waals surface area contributed by atoms with E-state index in [-0.39, 0.29) is 24.0 Å². The van der Waals surface area contributed by atoms with Gasteiger partial charge in [-0.2, -0.15) is 0 Å². The van der Waals surface area contributed by atoms with Crippen LogP contribution in [-0.4, -0.2) is 21.6 Å². The van der Waals surface area contributed by atoms with Gasteiger partial charge in [-0.25, -0.2) is 0 Å². The van der Waals surface area contributed by atoms with Crippen molar-refractivity contribution in [2.24, 2.45) is 5.41 Å². The minimum atomic E-state index is -0.803. The van der Waals surface area contributed by atoms with Crippen LogP contribution in [0.2, 0.25) is 13.1 Å². The Kier molecular flexibility index (Phi) is 4.20. The lowest BCUT2D eigenvalue weighted by molar-refractivity contribution is -0.118. The van der Waals surface area contributed by atoms with E-state index in [0.717, 1.165) is 17.0 Å². The molecule has 0 bridgehead atoms. The molecule has 1 heterocycles. The highest BCUT2D eigenvalue weighted by Gasteiger charge is 2.29.